The number of hydrogen-bond donors (Lipinski definition) is 1. The third kappa shape index (κ3) is 3.42. The number of carbonyl (C=O) groups excluding carboxylic acids is 2. The average molecular weight is 333 g/mol. The molecule has 1 saturated carbocycles. The molecule has 0 unspecified atom stereocenters. The first-order valence-corrected chi connectivity index (χ1v) is 8.35. The van der Waals surface area contributed by atoms with E-state index in [9.17, 15) is 14.7 Å². The Bertz CT molecular complexity index is 643. The molecule has 4 atom stereocenters. The van der Waals surface area contributed by atoms with E-state index in [1.807, 2.05) is 30.4 Å². The fourth-order valence-electron chi connectivity index (χ4n) is 3.81. The molecule has 0 aromatic heterocycles. The molecule has 5 heteroatoms. The summed E-state index contributed by atoms with van der Waals surface area (Å²) in [5.41, 5.74) is 1.04. The van der Waals surface area contributed by atoms with Gasteiger partial charge in [-0.3, -0.25) is 4.79 Å². The number of fused-ring (bicyclic) bond motifs is 2. The molecule has 0 heterocycles. The topological polar surface area (TPSA) is 69.2 Å². The van der Waals surface area contributed by atoms with E-state index in [2.05, 4.69) is 5.32 Å². The second kappa shape index (κ2) is 6.75. The Hall–Kier alpha value is -1.81. The SMILES string of the molecule is O=C([O-])[C@@H]1[C@H](C(=O)NCCc2cccc(Cl)c2)[C@@H]2C=C[C@H]1CC2. The van der Waals surface area contributed by atoms with Gasteiger partial charge < -0.3 is 15.2 Å². The number of carboxylic acid groups (broad SMARTS) is 1. The predicted molar refractivity (Wildman–Crippen MR) is 85.5 cm³/mol. The smallest absolute Gasteiger partial charge is 0.224 e. The minimum atomic E-state index is -1.11. The van der Waals surface area contributed by atoms with Gasteiger partial charge in [0.1, 0.15) is 0 Å². The van der Waals surface area contributed by atoms with E-state index < -0.39 is 17.8 Å². The Morgan fingerprint density at radius 2 is 1.87 bits per heavy atom. The van der Waals surface area contributed by atoms with Crippen LogP contribution in [-0.4, -0.2) is 18.4 Å². The van der Waals surface area contributed by atoms with Gasteiger partial charge in [-0.2, -0.15) is 0 Å². The van der Waals surface area contributed by atoms with Gasteiger partial charge in [0.2, 0.25) is 5.91 Å². The maximum atomic E-state index is 12.5. The number of hydrogen-bond acceptors (Lipinski definition) is 3. The van der Waals surface area contributed by atoms with E-state index in [0.29, 0.717) is 18.0 Å². The van der Waals surface area contributed by atoms with Gasteiger partial charge in [-0.05, 0) is 48.8 Å². The molecule has 4 nitrogen and oxygen atoms in total. The van der Waals surface area contributed by atoms with Crippen LogP contribution in [0.5, 0.6) is 0 Å². The van der Waals surface area contributed by atoms with Crippen molar-refractivity contribution in [2.45, 2.75) is 19.3 Å². The Morgan fingerprint density at radius 3 is 2.48 bits per heavy atom. The molecule has 3 aliphatic rings. The van der Waals surface area contributed by atoms with Crippen molar-refractivity contribution in [1.29, 1.82) is 0 Å². The number of carbonyl (C=O) groups is 2. The average Bonchev–Trinajstić information content (AvgIpc) is 2.55. The van der Waals surface area contributed by atoms with Gasteiger partial charge in [0.05, 0.1) is 5.92 Å². The fraction of sp³-hybridized carbons (Fsp3) is 0.444. The van der Waals surface area contributed by atoms with Gasteiger partial charge in [-0.1, -0.05) is 35.9 Å². The molecular weight excluding hydrogens is 314 g/mol. The van der Waals surface area contributed by atoms with Crippen molar-refractivity contribution in [1.82, 2.24) is 5.32 Å². The lowest BCUT2D eigenvalue weighted by molar-refractivity contribution is -0.316. The number of amides is 1. The van der Waals surface area contributed by atoms with E-state index in [0.717, 1.165) is 18.4 Å². The zero-order valence-corrected chi connectivity index (χ0v) is 13.5. The lowest BCUT2D eigenvalue weighted by Gasteiger charge is -2.44. The van der Waals surface area contributed by atoms with Gasteiger partial charge >= 0.3 is 0 Å². The lowest BCUT2D eigenvalue weighted by Crippen LogP contribution is -2.52. The van der Waals surface area contributed by atoms with Gasteiger partial charge in [0.25, 0.3) is 0 Å². The van der Waals surface area contributed by atoms with Gasteiger partial charge in [-0.15, -0.1) is 0 Å². The Kier molecular flexibility index (Phi) is 4.71. The summed E-state index contributed by atoms with van der Waals surface area (Å²) in [7, 11) is 0. The first-order chi connectivity index (χ1) is 11.1. The highest BCUT2D eigenvalue weighted by molar-refractivity contribution is 6.30. The van der Waals surface area contributed by atoms with E-state index in [-0.39, 0.29) is 17.7 Å². The molecule has 0 spiro atoms. The molecule has 3 aliphatic carbocycles. The molecule has 1 fully saturated rings. The van der Waals surface area contributed by atoms with Crippen molar-refractivity contribution in [3.05, 3.63) is 47.0 Å². The number of halogens is 1. The van der Waals surface area contributed by atoms with Crippen molar-refractivity contribution >= 4 is 23.5 Å². The van der Waals surface area contributed by atoms with Crippen LogP contribution < -0.4 is 10.4 Å². The van der Waals surface area contributed by atoms with Crippen LogP contribution in [0.3, 0.4) is 0 Å². The summed E-state index contributed by atoms with van der Waals surface area (Å²) in [6.07, 6.45) is 6.29. The number of aliphatic carboxylic acids is 1. The van der Waals surface area contributed by atoms with Crippen LogP contribution in [0.1, 0.15) is 18.4 Å². The molecule has 1 N–H and O–H groups in total. The predicted octanol–water partition coefficient (Wildman–Crippen LogP) is 1.58. The van der Waals surface area contributed by atoms with Crippen LogP contribution in [0.25, 0.3) is 0 Å². The maximum Gasteiger partial charge on any atom is 0.224 e. The molecule has 1 aromatic carbocycles. The van der Waals surface area contributed by atoms with Crippen molar-refractivity contribution in [3.8, 4) is 0 Å². The number of carboxylic acids is 1. The highest BCUT2D eigenvalue weighted by Crippen LogP contribution is 2.44. The molecular formula is C18H19ClNO3-. The van der Waals surface area contributed by atoms with Crippen molar-refractivity contribution in [2.75, 3.05) is 6.54 Å². The van der Waals surface area contributed by atoms with E-state index in [1.54, 1.807) is 6.07 Å². The third-order valence-corrected chi connectivity index (χ3v) is 5.16. The normalized spacial score (nSPS) is 28.6. The molecule has 2 bridgehead atoms. The molecule has 0 saturated heterocycles. The number of nitrogens with one attached hydrogen (secondary N) is 1. The maximum absolute atomic E-state index is 12.5. The first kappa shape index (κ1) is 16.1. The van der Waals surface area contributed by atoms with Crippen LogP contribution in [0, 0.1) is 23.7 Å². The van der Waals surface area contributed by atoms with Crippen molar-refractivity contribution in [3.63, 3.8) is 0 Å². The summed E-state index contributed by atoms with van der Waals surface area (Å²) in [5, 5.41) is 15.0. The largest absolute Gasteiger partial charge is 0.550 e. The molecule has 23 heavy (non-hydrogen) atoms. The van der Waals surface area contributed by atoms with Crippen LogP contribution >= 0.6 is 11.6 Å². The Labute approximate surface area is 140 Å². The van der Waals surface area contributed by atoms with Gasteiger partial charge in [0.15, 0.2) is 0 Å². The summed E-state index contributed by atoms with van der Waals surface area (Å²) >= 11 is 5.94. The van der Waals surface area contributed by atoms with Gasteiger partial charge in [-0.25, -0.2) is 0 Å². The van der Waals surface area contributed by atoms with Crippen LogP contribution in [0.15, 0.2) is 36.4 Å². The molecule has 4 rings (SSSR count). The number of benzene rings is 1. The summed E-state index contributed by atoms with van der Waals surface area (Å²) in [6.45, 7) is 0.469. The van der Waals surface area contributed by atoms with Crippen LogP contribution in [0.4, 0.5) is 0 Å². The summed E-state index contributed by atoms with van der Waals surface area (Å²) in [6, 6.07) is 7.49. The summed E-state index contributed by atoms with van der Waals surface area (Å²) in [4.78, 5) is 23.9. The monoisotopic (exact) mass is 332 g/mol. The number of rotatable bonds is 5. The molecule has 1 aromatic rings. The van der Waals surface area contributed by atoms with E-state index >= 15 is 0 Å². The molecule has 0 aliphatic heterocycles. The highest BCUT2D eigenvalue weighted by atomic mass is 35.5. The fourth-order valence-corrected chi connectivity index (χ4v) is 4.03. The van der Waals surface area contributed by atoms with Crippen molar-refractivity contribution in [2.24, 2.45) is 23.7 Å². The van der Waals surface area contributed by atoms with Crippen molar-refractivity contribution < 1.29 is 14.7 Å². The summed E-state index contributed by atoms with van der Waals surface area (Å²) in [5.74, 6) is -2.57. The Morgan fingerprint density at radius 1 is 1.17 bits per heavy atom. The standard InChI is InChI=1S/C18H20ClNO3/c19-14-3-1-2-11(10-14)8-9-20-17(21)15-12-4-6-13(7-5-12)16(15)18(22)23/h1-4,6,10,12-13,15-16H,5,7-9H2,(H,20,21)(H,22,23)/p-1/t12-,13+,15-,16+/m1/s1. The molecule has 1 amide bonds. The first-order valence-electron chi connectivity index (χ1n) is 7.97. The quantitative estimate of drug-likeness (QED) is 0.832. The molecule has 0 radical (unpaired) electrons. The van der Waals surface area contributed by atoms with E-state index in [4.69, 9.17) is 11.6 Å². The van der Waals surface area contributed by atoms with Gasteiger partial charge in [0, 0.05) is 23.5 Å². The van der Waals surface area contributed by atoms with Crippen LogP contribution in [0.2, 0.25) is 5.02 Å². The minimum Gasteiger partial charge on any atom is -0.550 e. The second-order valence-corrected chi connectivity index (χ2v) is 6.77. The van der Waals surface area contributed by atoms with E-state index in [1.165, 1.54) is 0 Å². The zero-order chi connectivity index (χ0) is 16.4. The minimum absolute atomic E-state index is 0.00840. The summed E-state index contributed by atoms with van der Waals surface area (Å²) < 4.78 is 0. The molecule has 122 valence electrons. The second-order valence-electron chi connectivity index (χ2n) is 6.33. The Balaban J connectivity index is 1.61. The highest BCUT2D eigenvalue weighted by Gasteiger charge is 2.44. The number of allylic oxidation sites excluding steroid dienone is 2. The third-order valence-electron chi connectivity index (χ3n) is 4.93. The zero-order valence-electron chi connectivity index (χ0n) is 12.7. The lowest BCUT2D eigenvalue weighted by atomic mass is 9.62. The van der Waals surface area contributed by atoms with Crippen LogP contribution in [-0.2, 0) is 16.0 Å².